The smallest absolute Gasteiger partial charge is 0.243 e. The summed E-state index contributed by atoms with van der Waals surface area (Å²) >= 11 is 1.59. The number of hydrogen-bond acceptors (Lipinski definition) is 8. The summed E-state index contributed by atoms with van der Waals surface area (Å²) in [6.07, 6.45) is 3.44. The van der Waals surface area contributed by atoms with Gasteiger partial charge in [0.1, 0.15) is 18.5 Å². The van der Waals surface area contributed by atoms with Crippen molar-refractivity contribution in [2.45, 2.75) is 72.0 Å². The minimum atomic E-state index is -0.464. The van der Waals surface area contributed by atoms with Gasteiger partial charge in [-0.15, -0.1) is 11.3 Å². The van der Waals surface area contributed by atoms with Crippen LogP contribution in [0.5, 0.6) is 5.75 Å². The predicted molar refractivity (Wildman–Crippen MR) is 153 cm³/mol. The van der Waals surface area contributed by atoms with Crippen LogP contribution in [0.25, 0.3) is 10.4 Å². The van der Waals surface area contributed by atoms with Gasteiger partial charge < -0.3 is 26.0 Å². The topological polar surface area (TPSA) is 122 Å². The molecule has 0 saturated carbocycles. The molecule has 210 valence electrons. The number of likely N-dealkylation sites (tertiary alicyclic amines) is 1. The standard InChI is InChI=1S/C28H44N6O3S/c1-19-24(38-18-33-19)20-10-11-21(23(15-20)37-17-31-13-7-6-12-29)16-32-26(35)22-9-8-14-34(22)27(36)25(30-5)28(2,3)4/h10-11,15,18,22,25,30-31H,6-9,12-14,16-17,29H2,1-5H3,(H,32,35). The molecule has 1 saturated heterocycles. The zero-order valence-corrected chi connectivity index (χ0v) is 24.2. The van der Waals surface area contributed by atoms with Gasteiger partial charge in [-0.05, 0) is 69.8 Å². The molecule has 1 aromatic carbocycles. The summed E-state index contributed by atoms with van der Waals surface area (Å²) in [5.41, 5.74) is 10.1. The maximum absolute atomic E-state index is 13.3. The number of hydrogen-bond donors (Lipinski definition) is 4. The van der Waals surface area contributed by atoms with Gasteiger partial charge in [0.05, 0.1) is 22.1 Å². The average Bonchev–Trinajstić information content (AvgIpc) is 3.54. The van der Waals surface area contributed by atoms with Crippen LogP contribution in [0.3, 0.4) is 0 Å². The second-order valence-electron chi connectivity index (χ2n) is 10.9. The van der Waals surface area contributed by atoms with Crippen molar-refractivity contribution in [3.63, 3.8) is 0 Å². The van der Waals surface area contributed by atoms with Crippen LogP contribution < -0.4 is 26.4 Å². The maximum Gasteiger partial charge on any atom is 0.243 e. The number of aromatic nitrogens is 1. The number of aryl methyl sites for hydroxylation is 1. The number of ether oxygens (including phenoxy) is 1. The van der Waals surface area contributed by atoms with E-state index < -0.39 is 6.04 Å². The molecule has 0 spiro atoms. The predicted octanol–water partition coefficient (Wildman–Crippen LogP) is 3.02. The van der Waals surface area contributed by atoms with E-state index in [0.29, 0.717) is 38.5 Å². The van der Waals surface area contributed by atoms with Crippen LogP contribution in [0.15, 0.2) is 23.7 Å². The molecule has 2 amide bonds. The van der Waals surface area contributed by atoms with Crippen molar-refractivity contribution in [1.82, 2.24) is 25.8 Å². The molecule has 3 rings (SSSR count). The number of carbonyl (C=O) groups excluding carboxylic acids is 2. The van der Waals surface area contributed by atoms with E-state index >= 15 is 0 Å². The highest BCUT2D eigenvalue weighted by Crippen LogP contribution is 2.32. The number of nitrogens with one attached hydrogen (secondary N) is 3. The SMILES string of the molecule is CNC(C(=O)N1CCCC1C(=O)NCc1ccc(-c2scnc2C)cc1OCNCCCCN)C(C)(C)C. The zero-order chi connectivity index (χ0) is 27.7. The normalized spacial score (nSPS) is 16.5. The lowest BCUT2D eigenvalue weighted by Gasteiger charge is -2.34. The molecule has 1 aromatic heterocycles. The van der Waals surface area contributed by atoms with Crippen LogP contribution in [-0.2, 0) is 16.1 Å². The van der Waals surface area contributed by atoms with E-state index in [9.17, 15) is 9.59 Å². The average molecular weight is 545 g/mol. The van der Waals surface area contributed by atoms with Crippen LogP contribution >= 0.6 is 11.3 Å². The first kappa shape index (κ1) is 30.0. The van der Waals surface area contributed by atoms with Gasteiger partial charge in [-0.25, -0.2) is 4.98 Å². The van der Waals surface area contributed by atoms with Crippen LogP contribution in [0.4, 0.5) is 0 Å². The number of rotatable bonds is 13. The highest BCUT2D eigenvalue weighted by Gasteiger charge is 2.40. The number of benzene rings is 1. The molecule has 0 bridgehead atoms. The molecule has 0 aliphatic carbocycles. The Bertz CT molecular complexity index is 1070. The van der Waals surface area contributed by atoms with Gasteiger partial charge >= 0.3 is 0 Å². The summed E-state index contributed by atoms with van der Waals surface area (Å²) in [5.74, 6) is 0.559. The number of nitrogens with zero attached hydrogens (tertiary/aromatic N) is 2. The fourth-order valence-corrected chi connectivity index (χ4v) is 5.65. The van der Waals surface area contributed by atoms with E-state index in [4.69, 9.17) is 10.5 Å². The largest absolute Gasteiger partial charge is 0.478 e. The molecule has 2 unspecified atom stereocenters. The van der Waals surface area contributed by atoms with Crippen molar-refractivity contribution < 1.29 is 14.3 Å². The van der Waals surface area contributed by atoms with Crippen molar-refractivity contribution in [3.8, 4) is 16.2 Å². The number of nitrogens with two attached hydrogens (primary N) is 1. The van der Waals surface area contributed by atoms with Gasteiger partial charge in [0, 0.05) is 18.7 Å². The van der Waals surface area contributed by atoms with Crippen molar-refractivity contribution >= 4 is 23.2 Å². The summed E-state index contributed by atoms with van der Waals surface area (Å²) in [6, 6.07) is 5.22. The third kappa shape index (κ3) is 7.75. The van der Waals surface area contributed by atoms with E-state index in [1.54, 1.807) is 23.3 Å². The quantitative estimate of drug-likeness (QED) is 0.226. The maximum atomic E-state index is 13.3. The number of unbranched alkanes of at least 4 members (excludes halogenated alkanes) is 1. The van der Waals surface area contributed by atoms with Gasteiger partial charge in [-0.3, -0.25) is 14.9 Å². The van der Waals surface area contributed by atoms with Gasteiger partial charge in [0.15, 0.2) is 0 Å². The Morgan fingerprint density at radius 2 is 2.08 bits per heavy atom. The Hall–Kier alpha value is -2.53. The van der Waals surface area contributed by atoms with Crippen molar-refractivity contribution in [2.24, 2.45) is 11.1 Å². The molecule has 2 atom stereocenters. The van der Waals surface area contributed by atoms with Crippen LogP contribution in [0, 0.1) is 12.3 Å². The van der Waals surface area contributed by atoms with Crippen LogP contribution in [0.2, 0.25) is 0 Å². The van der Waals surface area contributed by atoms with Crippen LogP contribution in [-0.4, -0.2) is 67.2 Å². The fraction of sp³-hybridized carbons (Fsp3) is 0.607. The first-order chi connectivity index (χ1) is 18.2. The third-order valence-electron chi connectivity index (χ3n) is 6.91. The molecule has 1 fully saturated rings. The summed E-state index contributed by atoms with van der Waals surface area (Å²) in [7, 11) is 1.80. The lowest BCUT2D eigenvalue weighted by molar-refractivity contribution is -0.142. The minimum absolute atomic E-state index is 0.0216. The molecule has 2 aromatic rings. The Kier molecular flexibility index (Phi) is 11.1. The van der Waals surface area contributed by atoms with Crippen LogP contribution in [0.1, 0.15) is 57.7 Å². The lowest BCUT2D eigenvalue weighted by Crippen LogP contribution is -2.55. The van der Waals surface area contributed by atoms with E-state index in [0.717, 1.165) is 47.5 Å². The Morgan fingerprint density at radius 1 is 1.29 bits per heavy atom. The molecule has 38 heavy (non-hydrogen) atoms. The van der Waals surface area contributed by atoms with Gasteiger partial charge in [0.25, 0.3) is 0 Å². The summed E-state index contributed by atoms with van der Waals surface area (Å²) < 4.78 is 6.11. The van der Waals surface area contributed by atoms with Crippen molar-refractivity contribution in [1.29, 1.82) is 0 Å². The monoisotopic (exact) mass is 544 g/mol. The van der Waals surface area contributed by atoms with E-state index in [-0.39, 0.29) is 23.3 Å². The second kappa shape index (κ2) is 14.0. The zero-order valence-electron chi connectivity index (χ0n) is 23.4. The van der Waals surface area contributed by atoms with E-state index in [2.05, 4.69) is 20.9 Å². The number of likely N-dealkylation sites (N-methyl/N-ethyl adjacent to an activating group) is 1. The van der Waals surface area contributed by atoms with E-state index in [1.807, 2.05) is 51.4 Å². The van der Waals surface area contributed by atoms with Crippen molar-refractivity contribution in [3.05, 3.63) is 35.0 Å². The molecule has 2 heterocycles. The molecule has 1 aliphatic heterocycles. The lowest BCUT2D eigenvalue weighted by atomic mass is 9.86. The minimum Gasteiger partial charge on any atom is -0.478 e. The van der Waals surface area contributed by atoms with E-state index in [1.165, 1.54) is 0 Å². The summed E-state index contributed by atoms with van der Waals surface area (Å²) in [4.78, 5) is 33.8. The van der Waals surface area contributed by atoms with Gasteiger partial charge in [-0.2, -0.15) is 0 Å². The Balaban J connectivity index is 1.70. The molecule has 1 aliphatic rings. The molecule has 10 heteroatoms. The first-order valence-electron chi connectivity index (χ1n) is 13.5. The van der Waals surface area contributed by atoms with Gasteiger partial charge in [0.2, 0.25) is 11.8 Å². The highest BCUT2D eigenvalue weighted by molar-refractivity contribution is 7.13. The number of thiazole rings is 1. The summed E-state index contributed by atoms with van der Waals surface area (Å²) in [5, 5.41) is 9.51. The van der Waals surface area contributed by atoms with Gasteiger partial charge in [-0.1, -0.05) is 32.9 Å². The number of amides is 2. The van der Waals surface area contributed by atoms with Crippen molar-refractivity contribution in [2.75, 3.05) is 33.4 Å². The molecular formula is C28H44N6O3S. The fourth-order valence-electron chi connectivity index (χ4n) is 4.85. The number of carbonyl (C=O) groups is 2. The molecule has 9 nitrogen and oxygen atoms in total. The first-order valence-corrected chi connectivity index (χ1v) is 14.4. The Morgan fingerprint density at radius 3 is 2.74 bits per heavy atom. The Labute approximate surface area is 230 Å². The summed E-state index contributed by atoms with van der Waals surface area (Å²) in [6.45, 7) is 10.9. The molecular weight excluding hydrogens is 500 g/mol. The molecule has 0 radical (unpaired) electrons. The second-order valence-corrected chi connectivity index (χ2v) is 11.7. The third-order valence-corrected chi connectivity index (χ3v) is 7.88. The molecule has 5 N–H and O–H groups in total. The highest BCUT2D eigenvalue weighted by atomic mass is 32.1.